The van der Waals surface area contributed by atoms with Gasteiger partial charge in [0.2, 0.25) is 5.91 Å². The second-order valence-electron chi connectivity index (χ2n) is 9.09. The summed E-state index contributed by atoms with van der Waals surface area (Å²) in [6.45, 7) is 6.54. The number of fused-ring (bicyclic) bond motifs is 1. The van der Waals surface area contributed by atoms with E-state index in [1.54, 1.807) is 31.7 Å². The molecule has 0 aliphatic carbocycles. The van der Waals surface area contributed by atoms with Crippen molar-refractivity contribution in [3.05, 3.63) is 78.1 Å². The van der Waals surface area contributed by atoms with Crippen LogP contribution >= 0.6 is 11.3 Å². The van der Waals surface area contributed by atoms with Gasteiger partial charge in [0, 0.05) is 51.6 Å². The van der Waals surface area contributed by atoms with Crippen molar-refractivity contribution in [1.82, 2.24) is 19.8 Å². The van der Waals surface area contributed by atoms with E-state index in [1.165, 1.54) is 11.1 Å². The van der Waals surface area contributed by atoms with Crippen LogP contribution in [0.3, 0.4) is 0 Å². The highest BCUT2D eigenvalue weighted by atomic mass is 32.1. The highest BCUT2D eigenvalue weighted by molar-refractivity contribution is 7.22. The minimum Gasteiger partial charge on any atom is -0.382 e. The quantitative estimate of drug-likeness (QED) is 0.373. The topological polar surface area (TPSA) is 70.6 Å². The number of thiophene rings is 1. The molecule has 1 aliphatic heterocycles. The van der Waals surface area contributed by atoms with Gasteiger partial charge in [0.25, 0.3) is 0 Å². The summed E-state index contributed by atoms with van der Waals surface area (Å²) in [4.78, 5) is 26.1. The van der Waals surface area contributed by atoms with Crippen molar-refractivity contribution >= 4 is 33.3 Å². The number of anilines is 1. The minimum atomic E-state index is -0.00329. The average molecular weight is 502 g/mol. The molecule has 0 bridgehead atoms. The molecular formula is C28H31N5O2S. The van der Waals surface area contributed by atoms with Crippen LogP contribution in [-0.4, -0.2) is 65.6 Å². The molecule has 1 unspecified atom stereocenters. The van der Waals surface area contributed by atoms with Gasteiger partial charge < -0.3 is 15.0 Å². The summed E-state index contributed by atoms with van der Waals surface area (Å²) in [6.07, 6.45) is 1.62. The number of rotatable bonds is 8. The Hall–Kier alpha value is -3.33. The lowest BCUT2D eigenvalue weighted by Crippen LogP contribution is -2.47. The first-order valence-electron chi connectivity index (χ1n) is 12.2. The van der Waals surface area contributed by atoms with E-state index in [1.807, 2.05) is 23.1 Å². The van der Waals surface area contributed by atoms with Crippen LogP contribution in [0.1, 0.15) is 24.1 Å². The lowest BCUT2D eigenvalue weighted by atomic mass is 10.1. The molecule has 7 nitrogen and oxygen atoms in total. The van der Waals surface area contributed by atoms with Crippen LogP contribution in [0.2, 0.25) is 0 Å². The van der Waals surface area contributed by atoms with Gasteiger partial charge in [-0.1, -0.05) is 54.6 Å². The Morgan fingerprint density at radius 2 is 1.81 bits per heavy atom. The third-order valence-electron chi connectivity index (χ3n) is 6.62. The molecule has 3 heterocycles. The van der Waals surface area contributed by atoms with Crippen LogP contribution in [0.25, 0.3) is 20.7 Å². The molecule has 1 amide bonds. The predicted molar refractivity (Wildman–Crippen MR) is 145 cm³/mol. The summed E-state index contributed by atoms with van der Waals surface area (Å²) >= 11 is 1.70. The largest absolute Gasteiger partial charge is 0.382 e. The summed E-state index contributed by atoms with van der Waals surface area (Å²) < 4.78 is 6.51. The molecule has 8 heteroatoms. The zero-order valence-electron chi connectivity index (χ0n) is 20.7. The third-order valence-corrected chi connectivity index (χ3v) is 7.80. The molecule has 2 aromatic heterocycles. The number of aromatic nitrogens is 2. The number of ether oxygens (including phenoxy) is 1. The van der Waals surface area contributed by atoms with E-state index in [4.69, 9.17) is 4.74 Å². The molecule has 0 spiro atoms. The van der Waals surface area contributed by atoms with E-state index in [-0.39, 0.29) is 11.9 Å². The van der Waals surface area contributed by atoms with E-state index >= 15 is 0 Å². The predicted octanol–water partition coefficient (Wildman–Crippen LogP) is 4.82. The Balaban J connectivity index is 1.31. The Labute approximate surface area is 215 Å². The molecule has 1 atom stereocenters. The van der Waals surface area contributed by atoms with E-state index in [0.717, 1.165) is 59.2 Å². The maximum Gasteiger partial charge on any atom is 0.219 e. The molecule has 0 saturated carbocycles. The molecule has 1 saturated heterocycles. The van der Waals surface area contributed by atoms with E-state index in [9.17, 15) is 4.79 Å². The van der Waals surface area contributed by atoms with Gasteiger partial charge in [-0.3, -0.25) is 9.69 Å². The summed E-state index contributed by atoms with van der Waals surface area (Å²) in [6, 6.07) is 21.2. The average Bonchev–Trinajstić information content (AvgIpc) is 3.35. The number of hydrogen-bond donors (Lipinski definition) is 1. The van der Waals surface area contributed by atoms with Crippen LogP contribution in [0.4, 0.5) is 5.82 Å². The SMILES string of the molecule is COCC(Nc1ncnc2cc(-c3ccc(CN4CCN(C(C)=O)CC4)cc3)sc12)c1ccccc1. The van der Waals surface area contributed by atoms with Crippen molar-refractivity contribution in [1.29, 1.82) is 0 Å². The third kappa shape index (κ3) is 5.56. The van der Waals surface area contributed by atoms with E-state index < -0.39 is 0 Å². The monoisotopic (exact) mass is 501 g/mol. The molecule has 0 radical (unpaired) electrons. The van der Waals surface area contributed by atoms with Gasteiger partial charge >= 0.3 is 0 Å². The summed E-state index contributed by atoms with van der Waals surface area (Å²) in [5, 5.41) is 3.57. The number of hydrogen-bond acceptors (Lipinski definition) is 7. The number of piperazine rings is 1. The standard InChI is InChI=1S/C28H31N5O2S/c1-20(34)33-14-12-32(13-15-33)17-21-8-10-23(11-9-21)26-16-24-27(36-26)28(30-19-29-24)31-25(18-35-2)22-6-4-3-5-7-22/h3-11,16,19,25H,12-15,17-18H2,1-2H3,(H,29,30,31). The number of carbonyl (C=O) groups is 1. The fraction of sp³-hybridized carbons (Fsp3) is 0.321. The van der Waals surface area contributed by atoms with Crippen molar-refractivity contribution in [2.75, 3.05) is 45.2 Å². The molecule has 2 aromatic carbocycles. The summed E-state index contributed by atoms with van der Waals surface area (Å²) in [7, 11) is 1.71. The highest BCUT2D eigenvalue weighted by Crippen LogP contribution is 2.36. The molecule has 186 valence electrons. The number of nitrogens with one attached hydrogen (secondary N) is 1. The summed E-state index contributed by atoms with van der Waals surface area (Å²) in [5.41, 5.74) is 4.54. The number of amides is 1. The molecule has 1 N–H and O–H groups in total. The fourth-order valence-corrected chi connectivity index (χ4v) is 5.66. The van der Waals surface area contributed by atoms with Crippen LogP contribution in [-0.2, 0) is 16.1 Å². The molecule has 1 aliphatic rings. The van der Waals surface area contributed by atoms with Crippen molar-refractivity contribution in [3.8, 4) is 10.4 Å². The molecular weight excluding hydrogens is 470 g/mol. The Kier molecular flexibility index (Phi) is 7.55. The maximum atomic E-state index is 11.6. The highest BCUT2D eigenvalue weighted by Gasteiger charge is 2.19. The Morgan fingerprint density at radius 3 is 2.50 bits per heavy atom. The first-order valence-corrected chi connectivity index (χ1v) is 13.0. The normalized spacial score (nSPS) is 15.2. The van der Waals surface area contributed by atoms with Gasteiger partial charge in [0.15, 0.2) is 0 Å². The zero-order chi connectivity index (χ0) is 24.9. The van der Waals surface area contributed by atoms with Crippen molar-refractivity contribution in [3.63, 3.8) is 0 Å². The van der Waals surface area contributed by atoms with Crippen LogP contribution in [0.5, 0.6) is 0 Å². The number of nitrogens with zero attached hydrogens (tertiary/aromatic N) is 4. The van der Waals surface area contributed by atoms with Gasteiger partial charge in [0.05, 0.1) is 22.9 Å². The molecule has 5 rings (SSSR count). The second-order valence-corrected chi connectivity index (χ2v) is 10.1. The number of benzene rings is 2. The van der Waals surface area contributed by atoms with Gasteiger partial charge in [-0.2, -0.15) is 0 Å². The minimum absolute atomic E-state index is 0.00329. The van der Waals surface area contributed by atoms with Crippen LogP contribution in [0, 0.1) is 0 Å². The first kappa shape index (κ1) is 24.4. The van der Waals surface area contributed by atoms with Gasteiger partial charge in [0.1, 0.15) is 12.1 Å². The Bertz CT molecular complexity index is 1300. The Morgan fingerprint density at radius 1 is 1.06 bits per heavy atom. The molecule has 36 heavy (non-hydrogen) atoms. The first-order chi connectivity index (χ1) is 17.6. The van der Waals surface area contributed by atoms with E-state index in [2.05, 4.69) is 62.6 Å². The van der Waals surface area contributed by atoms with Crippen molar-refractivity contribution in [2.45, 2.75) is 19.5 Å². The lowest BCUT2D eigenvalue weighted by molar-refractivity contribution is -0.130. The molecule has 1 fully saturated rings. The van der Waals surface area contributed by atoms with Crippen LogP contribution in [0.15, 0.2) is 67.0 Å². The van der Waals surface area contributed by atoms with Gasteiger partial charge in [-0.15, -0.1) is 11.3 Å². The maximum absolute atomic E-state index is 11.6. The van der Waals surface area contributed by atoms with Gasteiger partial charge in [-0.05, 0) is 22.8 Å². The smallest absolute Gasteiger partial charge is 0.219 e. The van der Waals surface area contributed by atoms with Crippen molar-refractivity contribution in [2.24, 2.45) is 0 Å². The lowest BCUT2D eigenvalue weighted by Gasteiger charge is -2.34. The van der Waals surface area contributed by atoms with Crippen LogP contribution < -0.4 is 5.32 Å². The number of methoxy groups -OCH3 is 1. The van der Waals surface area contributed by atoms with Crippen molar-refractivity contribution < 1.29 is 9.53 Å². The fourth-order valence-electron chi connectivity index (χ4n) is 4.59. The second kappa shape index (κ2) is 11.2. The van der Waals surface area contributed by atoms with E-state index in [0.29, 0.717) is 6.61 Å². The zero-order valence-corrected chi connectivity index (χ0v) is 21.5. The summed E-state index contributed by atoms with van der Waals surface area (Å²) in [5.74, 6) is 0.989. The molecule has 4 aromatic rings. The number of carbonyl (C=O) groups excluding carboxylic acids is 1. The van der Waals surface area contributed by atoms with Gasteiger partial charge in [-0.25, -0.2) is 9.97 Å².